The zero-order valence-electron chi connectivity index (χ0n) is 21.2. The molecule has 0 heterocycles. The van der Waals surface area contributed by atoms with Gasteiger partial charge in [-0.2, -0.15) is 0 Å². The molecular formula is C33H31F3O. The van der Waals surface area contributed by atoms with E-state index in [4.69, 9.17) is 4.74 Å². The second-order valence-corrected chi connectivity index (χ2v) is 9.02. The van der Waals surface area contributed by atoms with Crippen molar-refractivity contribution in [2.45, 2.75) is 39.5 Å². The van der Waals surface area contributed by atoms with Crippen LogP contribution in [0.5, 0.6) is 5.75 Å². The molecule has 0 amide bonds. The third-order valence-corrected chi connectivity index (χ3v) is 6.38. The fraction of sp³-hybridized carbons (Fsp3) is 0.212. The summed E-state index contributed by atoms with van der Waals surface area (Å²) in [6.45, 7) is 4.38. The summed E-state index contributed by atoms with van der Waals surface area (Å²) in [5.41, 5.74) is 4.68. The monoisotopic (exact) mass is 500 g/mol. The van der Waals surface area contributed by atoms with E-state index in [0.717, 1.165) is 29.5 Å². The van der Waals surface area contributed by atoms with Gasteiger partial charge in [0.2, 0.25) is 0 Å². The lowest BCUT2D eigenvalue weighted by molar-refractivity contribution is 0.321. The van der Waals surface area contributed by atoms with Crippen molar-refractivity contribution in [1.82, 2.24) is 0 Å². The van der Waals surface area contributed by atoms with E-state index in [2.05, 4.69) is 6.92 Å². The summed E-state index contributed by atoms with van der Waals surface area (Å²) in [6.07, 6.45) is 7.76. The van der Waals surface area contributed by atoms with Crippen molar-refractivity contribution < 1.29 is 17.9 Å². The Bertz CT molecular complexity index is 1360. The number of aryl methyl sites for hydroxylation is 1. The highest BCUT2D eigenvalue weighted by Gasteiger charge is 2.13. The lowest BCUT2D eigenvalue weighted by Gasteiger charge is -2.08. The predicted molar refractivity (Wildman–Crippen MR) is 147 cm³/mol. The summed E-state index contributed by atoms with van der Waals surface area (Å²) in [6, 6.07) is 23.2. The normalized spacial score (nSPS) is 11.3. The average Bonchev–Trinajstić information content (AvgIpc) is 2.92. The molecule has 4 rings (SSSR count). The van der Waals surface area contributed by atoms with Gasteiger partial charge in [-0.1, -0.05) is 98.6 Å². The number of unbranched alkanes of at least 4 members (excludes halogenated alkanes) is 2. The minimum atomic E-state index is -0.873. The molecular weight excluding hydrogens is 469 g/mol. The molecule has 0 atom stereocenters. The van der Waals surface area contributed by atoms with E-state index in [9.17, 15) is 13.2 Å². The molecule has 0 N–H and O–H groups in total. The molecule has 0 spiro atoms. The molecule has 4 heteroatoms. The minimum Gasteiger partial charge on any atom is -0.491 e. The van der Waals surface area contributed by atoms with Crippen molar-refractivity contribution in [2.24, 2.45) is 0 Å². The summed E-state index contributed by atoms with van der Waals surface area (Å²) in [4.78, 5) is 0. The second kappa shape index (κ2) is 12.4. The van der Waals surface area contributed by atoms with Crippen LogP contribution < -0.4 is 4.74 Å². The molecule has 0 saturated heterocycles. The Kier molecular flexibility index (Phi) is 8.84. The fourth-order valence-electron chi connectivity index (χ4n) is 4.27. The molecule has 0 unspecified atom stereocenters. The van der Waals surface area contributed by atoms with Crippen molar-refractivity contribution in [3.8, 4) is 28.0 Å². The molecule has 0 fully saturated rings. The van der Waals surface area contributed by atoms with Gasteiger partial charge >= 0.3 is 0 Å². The van der Waals surface area contributed by atoms with Crippen LogP contribution in [0.4, 0.5) is 13.2 Å². The predicted octanol–water partition coefficient (Wildman–Crippen LogP) is 9.74. The number of hydrogen-bond donors (Lipinski definition) is 0. The maximum Gasteiger partial charge on any atom is 0.167 e. The zero-order chi connectivity index (χ0) is 26.2. The third-order valence-electron chi connectivity index (χ3n) is 6.38. The van der Waals surface area contributed by atoms with Gasteiger partial charge < -0.3 is 4.74 Å². The lowest BCUT2D eigenvalue weighted by atomic mass is 9.99. The molecule has 4 aromatic rings. The number of rotatable bonds is 10. The third kappa shape index (κ3) is 6.51. The van der Waals surface area contributed by atoms with Crippen LogP contribution in [0.25, 0.3) is 34.4 Å². The summed E-state index contributed by atoms with van der Waals surface area (Å²) >= 11 is 0. The molecule has 37 heavy (non-hydrogen) atoms. The summed E-state index contributed by atoms with van der Waals surface area (Å²) in [5, 5.41) is 0. The molecule has 4 aromatic carbocycles. The Morgan fingerprint density at radius 3 is 2.05 bits per heavy atom. The summed E-state index contributed by atoms with van der Waals surface area (Å²) in [7, 11) is 0. The van der Waals surface area contributed by atoms with Crippen LogP contribution in [0.3, 0.4) is 0 Å². The van der Waals surface area contributed by atoms with Gasteiger partial charge in [0.05, 0.1) is 6.61 Å². The average molecular weight is 501 g/mol. The van der Waals surface area contributed by atoms with Gasteiger partial charge in [0, 0.05) is 11.1 Å². The van der Waals surface area contributed by atoms with E-state index in [0.29, 0.717) is 12.2 Å². The quantitative estimate of drug-likeness (QED) is 0.156. The van der Waals surface area contributed by atoms with Gasteiger partial charge in [-0.3, -0.25) is 0 Å². The summed E-state index contributed by atoms with van der Waals surface area (Å²) in [5.74, 6) is -1.91. The topological polar surface area (TPSA) is 9.23 Å². The van der Waals surface area contributed by atoms with Crippen LogP contribution in [0, 0.1) is 17.5 Å². The first-order valence-electron chi connectivity index (χ1n) is 12.8. The molecule has 190 valence electrons. The van der Waals surface area contributed by atoms with Crippen LogP contribution >= 0.6 is 0 Å². The van der Waals surface area contributed by atoms with Crippen LogP contribution in [-0.4, -0.2) is 6.61 Å². The highest BCUT2D eigenvalue weighted by Crippen LogP contribution is 2.29. The molecule has 0 aliphatic heterocycles. The molecule has 0 saturated carbocycles. The van der Waals surface area contributed by atoms with Crippen molar-refractivity contribution in [3.63, 3.8) is 0 Å². The number of hydrogen-bond acceptors (Lipinski definition) is 1. The van der Waals surface area contributed by atoms with E-state index in [1.54, 1.807) is 36.4 Å². The van der Waals surface area contributed by atoms with Crippen LogP contribution in [0.15, 0.2) is 78.9 Å². The standard InChI is InChI=1S/C33H31F3O/c1-3-5-6-7-23-10-15-26(16-11-23)29-20-18-27(32(35)33(29)36)17-12-24-8-13-25(14-9-24)28-19-21-31(37-4-2)30(34)22-28/h8-22H,3-7H2,1-2H3. The number of benzene rings is 4. The number of ether oxygens (including phenoxy) is 1. The SMILES string of the molecule is CCCCCc1ccc(-c2ccc(C=Cc3ccc(-c4ccc(OCC)c(F)c4)cc3)c(F)c2F)cc1. The van der Waals surface area contributed by atoms with Crippen molar-refractivity contribution in [2.75, 3.05) is 6.61 Å². The van der Waals surface area contributed by atoms with Crippen molar-refractivity contribution in [3.05, 3.63) is 113 Å². The highest BCUT2D eigenvalue weighted by molar-refractivity contribution is 5.74. The molecule has 0 aromatic heterocycles. The van der Waals surface area contributed by atoms with Gasteiger partial charge in [-0.25, -0.2) is 13.2 Å². The molecule has 0 radical (unpaired) electrons. The molecule has 1 nitrogen and oxygen atoms in total. The van der Waals surface area contributed by atoms with Gasteiger partial charge in [0.1, 0.15) is 0 Å². The lowest BCUT2D eigenvalue weighted by Crippen LogP contribution is -1.94. The summed E-state index contributed by atoms with van der Waals surface area (Å²) < 4.78 is 49.2. The van der Waals surface area contributed by atoms with Gasteiger partial charge in [0.15, 0.2) is 23.2 Å². The zero-order valence-corrected chi connectivity index (χ0v) is 21.2. The fourth-order valence-corrected chi connectivity index (χ4v) is 4.27. The largest absolute Gasteiger partial charge is 0.491 e. The molecule has 0 bridgehead atoms. The van der Waals surface area contributed by atoms with Gasteiger partial charge in [0.25, 0.3) is 0 Å². The van der Waals surface area contributed by atoms with Crippen LogP contribution in [0.1, 0.15) is 49.8 Å². The van der Waals surface area contributed by atoms with Crippen LogP contribution in [0.2, 0.25) is 0 Å². The Morgan fingerprint density at radius 2 is 1.38 bits per heavy atom. The van der Waals surface area contributed by atoms with Crippen molar-refractivity contribution in [1.29, 1.82) is 0 Å². The van der Waals surface area contributed by atoms with E-state index in [1.165, 1.54) is 24.5 Å². The van der Waals surface area contributed by atoms with E-state index < -0.39 is 17.5 Å². The maximum absolute atomic E-state index is 14.9. The Hall–Kier alpha value is -3.79. The maximum atomic E-state index is 14.9. The van der Waals surface area contributed by atoms with Crippen LogP contribution in [-0.2, 0) is 6.42 Å². The van der Waals surface area contributed by atoms with Gasteiger partial charge in [-0.05, 0) is 59.7 Å². The Morgan fingerprint density at radius 1 is 0.676 bits per heavy atom. The first-order valence-corrected chi connectivity index (χ1v) is 12.8. The second-order valence-electron chi connectivity index (χ2n) is 9.02. The molecule has 0 aliphatic carbocycles. The first kappa shape index (κ1) is 26.3. The number of halogens is 3. The highest BCUT2D eigenvalue weighted by atomic mass is 19.2. The first-order chi connectivity index (χ1) is 18.0. The molecule has 0 aliphatic rings. The minimum absolute atomic E-state index is 0.176. The smallest absolute Gasteiger partial charge is 0.167 e. The Balaban J connectivity index is 1.47. The van der Waals surface area contributed by atoms with Crippen molar-refractivity contribution >= 4 is 12.2 Å². The van der Waals surface area contributed by atoms with E-state index in [-0.39, 0.29) is 16.9 Å². The Labute approximate surface area is 217 Å². The van der Waals surface area contributed by atoms with Gasteiger partial charge in [-0.15, -0.1) is 0 Å². The van der Waals surface area contributed by atoms with E-state index >= 15 is 0 Å². The van der Waals surface area contributed by atoms with E-state index in [1.807, 2.05) is 55.5 Å².